The fraction of sp³-hybridized carbons (Fsp3) is 0.318. The number of benzene rings is 1. The number of carbonyl (C=O) groups is 1. The van der Waals surface area contributed by atoms with E-state index in [1.165, 1.54) is 26.0 Å². The molecule has 0 saturated carbocycles. The highest BCUT2D eigenvalue weighted by Gasteiger charge is 2.38. The molecule has 1 atom stereocenters. The molecule has 1 unspecified atom stereocenters. The number of hydrogen-bond acceptors (Lipinski definition) is 8. The van der Waals surface area contributed by atoms with Crippen LogP contribution in [-0.4, -0.2) is 40.8 Å². The number of phenolic OH excluding ortho intramolecular Hbond substituents is 1. The number of Topliss-reactive ketones (excluding diaryl/α,β-unsaturated/α-hetero) is 1. The SMILES string of the molecule is C=CCSc1nc2c(c(=O)[nH]1)C(c1cc(OC)c(O)c(OC)c1)C1=C(CCCC1=O)N2. The molecular weight excluding hydrogens is 418 g/mol. The van der Waals surface area contributed by atoms with Gasteiger partial charge in [0.05, 0.1) is 19.8 Å². The number of aromatic amines is 1. The van der Waals surface area contributed by atoms with Crippen LogP contribution in [0.3, 0.4) is 0 Å². The van der Waals surface area contributed by atoms with Crippen LogP contribution in [0.1, 0.15) is 36.3 Å². The average Bonchev–Trinajstić information content (AvgIpc) is 2.76. The fourth-order valence-corrected chi connectivity index (χ4v) is 4.66. The molecule has 2 aliphatic rings. The fourth-order valence-electron chi connectivity index (χ4n) is 4.06. The molecule has 8 nitrogen and oxygen atoms in total. The van der Waals surface area contributed by atoms with Crippen molar-refractivity contribution in [2.24, 2.45) is 0 Å². The van der Waals surface area contributed by atoms with Crippen molar-refractivity contribution in [3.05, 3.63) is 57.5 Å². The highest BCUT2D eigenvalue weighted by Crippen LogP contribution is 2.47. The molecule has 0 bridgehead atoms. The Balaban J connectivity index is 1.96. The van der Waals surface area contributed by atoms with Crippen molar-refractivity contribution in [3.8, 4) is 17.2 Å². The summed E-state index contributed by atoms with van der Waals surface area (Å²) in [5.74, 6) is 0.612. The lowest BCUT2D eigenvalue weighted by Crippen LogP contribution is -2.32. The lowest BCUT2D eigenvalue weighted by atomic mass is 9.76. The number of ether oxygens (including phenoxy) is 2. The minimum atomic E-state index is -0.655. The second-order valence-corrected chi connectivity index (χ2v) is 8.24. The molecule has 0 amide bonds. The maximum atomic E-state index is 13.2. The molecular formula is C22H23N3O5S. The van der Waals surface area contributed by atoms with E-state index in [4.69, 9.17) is 9.47 Å². The average molecular weight is 442 g/mol. The van der Waals surface area contributed by atoms with Crippen LogP contribution in [0.2, 0.25) is 0 Å². The summed E-state index contributed by atoms with van der Waals surface area (Å²) < 4.78 is 10.6. The molecule has 0 fully saturated rings. The molecule has 0 saturated heterocycles. The number of hydrogen-bond donors (Lipinski definition) is 3. The number of phenols is 1. The number of methoxy groups -OCH3 is 2. The van der Waals surface area contributed by atoms with E-state index >= 15 is 0 Å². The van der Waals surface area contributed by atoms with E-state index in [-0.39, 0.29) is 28.6 Å². The van der Waals surface area contributed by atoms with Gasteiger partial charge in [-0.2, -0.15) is 0 Å². The van der Waals surface area contributed by atoms with Gasteiger partial charge in [-0.1, -0.05) is 17.8 Å². The minimum Gasteiger partial charge on any atom is -0.502 e. The van der Waals surface area contributed by atoms with Crippen molar-refractivity contribution < 1.29 is 19.4 Å². The Kier molecular flexibility index (Phi) is 5.77. The summed E-state index contributed by atoms with van der Waals surface area (Å²) in [6.07, 6.45) is 3.57. The summed E-state index contributed by atoms with van der Waals surface area (Å²) in [5, 5.41) is 14.0. The highest BCUT2D eigenvalue weighted by atomic mass is 32.2. The predicted molar refractivity (Wildman–Crippen MR) is 118 cm³/mol. The van der Waals surface area contributed by atoms with E-state index in [0.29, 0.717) is 46.3 Å². The number of allylic oxidation sites excluding steroid dienone is 2. The molecule has 0 spiro atoms. The Hall–Kier alpha value is -3.20. The molecule has 31 heavy (non-hydrogen) atoms. The summed E-state index contributed by atoms with van der Waals surface area (Å²) in [4.78, 5) is 33.5. The van der Waals surface area contributed by atoms with Crippen molar-refractivity contribution in [1.82, 2.24) is 9.97 Å². The highest BCUT2D eigenvalue weighted by molar-refractivity contribution is 7.99. The van der Waals surface area contributed by atoms with Crippen molar-refractivity contribution in [1.29, 1.82) is 0 Å². The van der Waals surface area contributed by atoms with Crippen LogP contribution in [-0.2, 0) is 4.79 Å². The number of nitrogens with one attached hydrogen (secondary N) is 2. The Morgan fingerprint density at radius 1 is 1.26 bits per heavy atom. The van der Waals surface area contributed by atoms with Crippen molar-refractivity contribution in [3.63, 3.8) is 0 Å². The Morgan fingerprint density at radius 2 is 1.97 bits per heavy atom. The van der Waals surface area contributed by atoms with Crippen LogP contribution in [0.5, 0.6) is 17.2 Å². The summed E-state index contributed by atoms with van der Waals surface area (Å²) >= 11 is 1.37. The Labute approximate surface area is 183 Å². The van der Waals surface area contributed by atoms with Crippen LogP contribution < -0.4 is 20.3 Å². The van der Waals surface area contributed by atoms with Crippen LogP contribution in [0, 0.1) is 0 Å². The van der Waals surface area contributed by atoms with Gasteiger partial charge in [-0.15, -0.1) is 6.58 Å². The summed E-state index contributed by atoms with van der Waals surface area (Å²) in [7, 11) is 2.87. The smallest absolute Gasteiger partial charge is 0.257 e. The van der Waals surface area contributed by atoms with Gasteiger partial charge < -0.3 is 24.9 Å². The molecule has 162 valence electrons. The number of fused-ring (bicyclic) bond motifs is 1. The first-order valence-electron chi connectivity index (χ1n) is 9.84. The normalized spacial score (nSPS) is 17.5. The van der Waals surface area contributed by atoms with E-state index < -0.39 is 5.92 Å². The first-order valence-corrected chi connectivity index (χ1v) is 10.8. The van der Waals surface area contributed by atoms with Crippen LogP contribution in [0.15, 0.2) is 46.0 Å². The molecule has 1 aromatic carbocycles. The largest absolute Gasteiger partial charge is 0.502 e. The van der Waals surface area contributed by atoms with Gasteiger partial charge in [0, 0.05) is 29.4 Å². The zero-order valence-electron chi connectivity index (χ0n) is 17.3. The third-order valence-electron chi connectivity index (χ3n) is 5.41. The molecule has 2 aromatic rings. The van der Waals surface area contributed by atoms with Crippen molar-refractivity contribution in [2.45, 2.75) is 30.3 Å². The predicted octanol–water partition coefficient (Wildman–Crippen LogP) is 3.34. The quantitative estimate of drug-likeness (QED) is 0.355. The van der Waals surface area contributed by atoms with Gasteiger partial charge in [0.1, 0.15) is 5.82 Å². The number of ketones is 1. The van der Waals surface area contributed by atoms with E-state index in [2.05, 4.69) is 21.9 Å². The summed E-state index contributed by atoms with van der Waals surface area (Å²) in [5.41, 5.74) is 1.96. The number of H-pyrrole nitrogens is 1. The second-order valence-electron chi connectivity index (χ2n) is 7.23. The van der Waals surface area contributed by atoms with E-state index in [1.54, 1.807) is 18.2 Å². The van der Waals surface area contributed by atoms with Gasteiger partial charge >= 0.3 is 0 Å². The van der Waals surface area contributed by atoms with Crippen LogP contribution in [0.4, 0.5) is 5.82 Å². The molecule has 4 rings (SSSR count). The Morgan fingerprint density at radius 3 is 2.61 bits per heavy atom. The van der Waals surface area contributed by atoms with Crippen LogP contribution >= 0.6 is 11.8 Å². The summed E-state index contributed by atoms with van der Waals surface area (Å²) in [6, 6.07) is 3.26. The minimum absolute atomic E-state index is 0.0140. The van der Waals surface area contributed by atoms with E-state index in [9.17, 15) is 14.7 Å². The van der Waals surface area contributed by atoms with Crippen LogP contribution in [0.25, 0.3) is 0 Å². The van der Waals surface area contributed by atoms with Gasteiger partial charge in [-0.05, 0) is 30.5 Å². The third kappa shape index (κ3) is 3.69. The number of aromatic nitrogens is 2. The topological polar surface area (TPSA) is 114 Å². The van der Waals surface area contributed by atoms with E-state index in [0.717, 1.165) is 12.1 Å². The van der Waals surface area contributed by atoms with Gasteiger partial charge in [-0.3, -0.25) is 9.59 Å². The lowest BCUT2D eigenvalue weighted by Gasteiger charge is -2.33. The maximum absolute atomic E-state index is 13.2. The van der Waals surface area contributed by atoms with Gasteiger partial charge in [0.2, 0.25) is 5.75 Å². The first kappa shape index (κ1) is 21.0. The van der Waals surface area contributed by atoms with E-state index in [1.807, 2.05) is 0 Å². The lowest BCUT2D eigenvalue weighted by molar-refractivity contribution is -0.116. The Bertz CT molecular complexity index is 1130. The molecule has 2 heterocycles. The molecule has 9 heteroatoms. The maximum Gasteiger partial charge on any atom is 0.257 e. The molecule has 1 aromatic heterocycles. The molecule has 0 radical (unpaired) electrons. The number of rotatable bonds is 6. The number of carbonyl (C=O) groups excluding carboxylic acids is 1. The van der Waals surface area contributed by atoms with Gasteiger partial charge in [0.25, 0.3) is 5.56 Å². The monoisotopic (exact) mass is 441 g/mol. The number of anilines is 1. The number of aromatic hydroxyl groups is 1. The van der Waals surface area contributed by atoms with Crippen molar-refractivity contribution in [2.75, 3.05) is 25.3 Å². The van der Waals surface area contributed by atoms with Crippen molar-refractivity contribution >= 4 is 23.4 Å². The zero-order valence-corrected chi connectivity index (χ0v) is 18.1. The zero-order chi connectivity index (χ0) is 22.1. The number of nitrogens with zero attached hydrogens (tertiary/aromatic N) is 1. The molecule has 1 aliphatic carbocycles. The molecule has 1 aliphatic heterocycles. The van der Waals surface area contributed by atoms with Gasteiger partial charge in [0.15, 0.2) is 22.4 Å². The van der Waals surface area contributed by atoms with Gasteiger partial charge in [-0.25, -0.2) is 4.98 Å². The third-order valence-corrected chi connectivity index (χ3v) is 6.28. The standard InChI is InChI=1S/C22H23N3O5S/c1-4-8-31-22-24-20-18(21(28)25-22)16(17-12(23-20)6-5-7-13(17)26)11-9-14(29-2)19(27)15(10-11)30-3/h4,9-10,16,27H,1,5-8H2,2-3H3,(H2,23,24,25,28). The number of thioether (sulfide) groups is 1. The summed E-state index contributed by atoms with van der Waals surface area (Å²) in [6.45, 7) is 3.69. The molecule has 3 N–H and O–H groups in total. The first-order chi connectivity index (χ1) is 15.0. The second kappa shape index (κ2) is 8.50.